The molecular weight excluding hydrogens is 284 g/mol. The van der Waals surface area contributed by atoms with E-state index in [4.69, 9.17) is 4.74 Å². The van der Waals surface area contributed by atoms with Crippen molar-refractivity contribution < 1.29 is 9.53 Å². The predicted octanol–water partition coefficient (Wildman–Crippen LogP) is 4.79. The Labute approximate surface area is 137 Å². The van der Waals surface area contributed by atoms with E-state index in [1.807, 2.05) is 49.4 Å². The zero-order valence-electron chi connectivity index (χ0n) is 13.9. The monoisotopic (exact) mass is 306 g/mol. The van der Waals surface area contributed by atoms with Crippen molar-refractivity contribution in [2.75, 3.05) is 7.11 Å². The summed E-state index contributed by atoms with van der Waals surface area (Å²) in [4.78, 5) is 12.6. The number of benzene rings is 2. The van der Waals surface area contributed by atoms with Crippen LogP contribution in [0.5, 0.6) is 5.75 Å². The van der Waals surface area contributed by atoms with E-state index in [-0.39, 0.29) is 11.2 Å². The van der Waals surface area contributed by atoms with Gasteiger partial charge in [-0.3, -0.25) is 4.79 Å². The number of carbonyl (C=O) groups excluding carboxylic acids is 1. The topological polar surface area (TPSA) is 26.3 Å². The molecule has 3 rings (SSSR count). The van der Waals surface area contributed by atoms with Gasteiger partial charge in [0.2, 0.25) is 0 Å². The molecule has 0 saturated heterocycles. The molecule has 0 heterocycles. The molecule has 0 spiro atoms. The molecule has 0 bridgehead atoms. The Hall–Kier alpha value is -2.35. The van der Waals surface area contributed by atoms with E-state index in [1.54, 1.807) is 7.11 Å². The number of Topliss-reactive ketones (excluding diaryl/α,β-unsaturated/α-hetero) is 1. The Kier molecular flexibility index (Phi) is 4.08. The summed E-state index contributed by atoms with van der Waals surface area (Å²) in [6.07, 6.45) is 1.45. The summed E-state index contributed by atoms with van der Waals surface area (Å²) in [6, 6.07) is 18.3. The minimum absolute atomic E-state index is 0.146. The SMILES string of the molecule is COc1ccc(C2=C(C)C(=O)CC(C)(c3ccccc3)C2)cc1. The normalized spacial score (nSPS) is 21.4. The first-order valence-corrected chi connectivity index (χ1v) is 7.96. The van der Waals surface area contributed by atoms with E-state index < -0.39 is 0 Å². The number of rotatable bonds is 3. The van der Waals surface area contributed by atoms with E-state index in [0.717, 1.165) is 28.9 Å². The van der Waals surface area contributed by atoms with E-state index in [0.29, 0.717) is 6.42 Å². The van der Waals surface area contributed by atoms with Gasteiger partial charge in [0.15, 0.2) is 5.78 Å². The second-order valence-corrected chi connectivity index (χ2v) is 6.54. The van der Waals surface area contributed by atoms with Gasteiger partial charge < -0.3 is 4.74 Å². The maximum absolute atomic E-state index is 12.6. The van der Waals surface area contributed by atoms with E-state index in [9.17, 15) is 4.79 Å². The second-order valence-electron chi connectivity index (χ2n) is 6.54. The zero-order valence-corrected chi connectivity index (χ0v) is 13.9. The number of hydrogen-bond acceptors (Lipinski definition) is 2. The lowest BCUT2D eigenvalue weighted by Crippen LogP contribution is -2.31. The Balaban J connectivity index is 2.01. The van der Waals surface area contributed by atoms with Crippen LogP contribution in [-0.2, 0) is 10.2 Å². The minimum atomic E-state index is -0.146. The fourth-order valence-electron chi connectivity index (χ4n) is 3.40. The van der Waals surface area contributed by atoms with Crippen LogP contribution >= 0.6 is 0 Å². The molecule has 2 aromatic carbocycles. The maximum atomic E-state index is 12.6. The van der Waals surface area contributed by atoms with E-state index in [1.165, 1.54) is 5.56 Å². The number of allylic oxidation sites excluding steroid dienone is 2. The second kappa shape index (κ2) is 6.04. The highest BCUT2D eigenvalue weighted by Gasteiger charge is 2.36. The summed E-state index contributed by atoms with van der Waals surface area (Å²) >= 11 is 0. The Morgan fingerprint density at radius 2 is 1.61 bits per heavy atom. The molecule has 0 aliphatic heterocycles. The van der Waals surface area contributed by atoms with Crippen LogP contribution in [0, 0.1) is 0 Å². The van der Waals surface area contributed by atoms with Gasteiger partial charge in [0, 0.05) is 11.8 Å². The molecule has 0 saturated carbocycles. The maximum Gasteiger partial charge on any atom is 0.159 e. The van der Waals surface area contributed by atoms with E-state index >= 15 is 0 Å². The van der Waals surface area contributed by atoms with Gasteiger partial charge in [-0.2, -0.15) is 0 Å². The average Bonchev–Trinajstić information content (AvgIpc) is 2.59. The summed E-state index contributed by atoms with van der Waals surface area (Å²) in [5.74, 6) is 1.08. The predicted molar refractivity (Wildman–Crippen MR) is 93.6 cm³/mol. The van der Waals surface area contributed by atoms with Crippen LogP contribution in [0.25, 0.3) is 5.57 Å². The Bertz CT molecular complexity index is 741. The van der Waals surface area contributed by atoms with Gasteiger partial charge in [-0.15, -0.1) is 0 Å². The van der Waals surface area contributed by atoms with Crippen molar-refractivity contribution in [3.8, 4) is 5.75 Å². The van der Waals surface area contributed by atoms with Gasteiger partial charge in [0.25, 0.3) is 0 Å². The van der Waals surface area contributed by atoms with Crippen molar-refractivity contribution in [1.82, 2.24) is 0 Å². The van der Waals surface area contributed by atoms with Crippen molar-refractivity contribution in [2.24, 2.45) is 0 Å². The van der Waals surface area contributed by atoms with Crippen LogP contribution in [0.15, 0.2) is 60.2 Å². The number of ketones is 1. The van der Waals surface area contributed by atoms with Crippen LogP contribution in [0.3, 0.4) is 0 Å². The van der Waals surface area contributed by atoms with Crippen LogP contribution in [0.2, 0.25) is 0 Å². The highest BCUT2D eigenvalue weighted by molar-refractivity contribution is 6.04. The molecule has 118 valence electrons. The van der Waals surface area contributed by atoms with Crippen molar-refractivity contribution in [2.45, 2.75) is 32.1 Å². The summed E-state index contributed by atoms with van der Waals surface area (Å²) in [5, 5.41) is 0. The molecule has 2 nitrogen and oxygen atoms in total. The highest BCUT2D eigenvalue weighted by Crippen LogP contribution is 2.43. The number of carbonyl (C=O) groups is 1. The van der Waals surface area contributed by atoms with Gasteiger partial charge in [-0.25, -0.2) is 0 Å². The summed E-state index contributed by atoms with van der Waals surface area (Å²) in [7, 11) is 1.66. The molecule has 0 amide bonds. The summed E-state index contributed by atoms with van der Waals surface area (Å²) in [6.45, 7) is 4.14. The van der Waals surface area contributed by atoms with Crippen molar-refractivity contribution in [3.63, 3.8) is 0 Å². The molecular formula is C21H22O2. The first kappa shape index (κ1) is 15.5. The van der Waals surface area contributed by atoms with Gasteiger partial charge in [0.05, 0.1) is 7.11 Å². The number of ether oxygens (including phenoxy) is 1. The van der Waals surface area contributed by atoms with Crippen LogP contribution in [0.1, 0.15) is 37.8 Å². The first-order valence-electron chi connectivity index (χ1n) is 7.96. The molecule has 2 aromatic rings. The number of hydrogen-bond donors (Lipinski definition) is 0. The molecule has 1 aliphatic rings. The molecule has 1 atom stereocenters. The third kappa shape index (κ3) is 2.94. The third-order valence-electron chi connectivity index (χ3n) is 4.90. The average molecular weight is 306 g/mol. The quantitative estimate of drug-likeness (QED) is 0.815. The molecule has 0 aromatic heterocycles. The van der Waals surface area contributed by atoms with Gasteiger partial charge in [-0.05, 0) is 47.8 Å². The standard InChI is InChI=1S/C21H22O2/c1-15-19(16-9-11-18(23-3)12-10-16)13-21(2,14-20(15)22)17-7-5-4-6-8-17/h4-12H,13-14H2,1-3H3. The summed E-state index contributed by atoms with van der Waals surface area (Å²) in [5.41, 5.74) is 4.23. The lowest BCUT2D eigenvalue weighted by Gasteiger charge is -2.35. The molecule has 23 heavy (non-hydrogen) atoms. The lowest BCUT2D eigenvalue weighted by atomic mass is 9.67. The smallest absolute Gasteiger partial charge is 0.159 e. The van der Waals surface area contributed by atoms with Crippen molar-refractivity contribution in [1.29, 1.82) is 0 Å². The largest absolute Gasteiger partial charge is 0.497 e. The fourth-order valence-corrected chi connectivity index (χ4v) is 3.40. The van der Waals surface area contributed by atoms with Crippen LogP contribution in [0.4, 0.5) is 0 Å². The molecule has 0 radical (unpaired) electrons. The third-order valence-corrected chi connectivity index (χ3v) is 4.90. The van der Waals surface area contributed by atoms with Crippen molar-refractivity contribution in [3.05, 3.63) is 71.3 Å². The van der Waals surface area contributed by atoms with Gasteiger partial charge in [0.1, 0.15) is 5.75 Å². The molecule has 1 unspecified atom stereocenters. The fraction of sp³-hybridized carbons (Fsp3) is 0.286. The molecule has 1 aliphatic carbocycles. The van der Waals surface area contributed by atoms with E-state index in [2.05, 4.69) is 19.1 Å². The van der Waals surface area contributed by atoms with Gasteiger partial charge >= 0.3 is 0 Å². The Morgan fingerprint density at radius 3 is 2.22 bits per heavy atom. The zero-order chi connectivity index (χ0) is 16.4. The first-order chi connectivity index (χ1) is 11.0. The highest BCUT2D eigenvalue weighted by atomic mass is 16.5. The van der Waals surface area contributed by atoms with Crippen molar-refractivity contribution >= 4 is 11.4 Å². The minimum Gasteiger partial charge on any atom is -0.497 e. The van der Waals surface area contributed by atoms with Crippen LogP contribution < -0.4 is 4.74 Å². The molecule has 2 heteroatoms. The van der Waals surface area contributed by atoms with Crippen LogP contribution in [-0.4, -0.2) is 12.9 Å². The summed E-state index contributed by atoms with van der Waals surface area (Å²) < 4.78 is 5.23. The Morgan fingerprint density at radius 1 is 0.957 bits per heavy atom. The lowest BCUT2D eigenvalue weighted by molar-refractivity contribution is -0.116. The molecule has 0 fully saturated rings. The molecule has 0 N–H and O–H groups in total. The number of methoxy groups -OCH3 is 1. The van der Waals surface area contributed by atoms with Gasteiger partial charge in [-0.1, -0.05) is 49.4 Å².